The van der Waals surface area contributed by atoms with E-state index in [9.17, 15) is 9.59 Å². The summed E-state index contributed by atoms with van der Waals surface area (Å²) in [5, 5.41) is 11.9. The molecule has 4 rings (SSSR count). The second kappa shape index (κ2) is 10.9. The van der Waals surface area contributed by atoms with Gasteiger partial charge in [0, 0.05) is 34.4 Å². The Kier molecular flexibility index (Phi) is 7.32. The van der Waals surface area contributed by atoms with Crippen molar-refractivity contribution in [3.63, 3.8) is 0 Å². The summed E-state index contributed by atoms with van der Waals surface area (Å²) >= 11 is 0. The van der Waals surface area contributed by atoms with Gasteiger partial charge < -0.3 is 21.3 Å². The zero-order valence-electron chi connectivity index (χ0n) is 19.5. The third-order valence-electron chi connectivity index (χ3n) is 5.05. The second-order valence-corrected chi connectivity index (χ2v) is 8.01. The molecule has 0 bridgehead atoms. The first-order valence-electron chi connectivity index (χ1n) is 11.1. The number of carbonyl (C=O) groups excluding carboxylic acids is 2. The Labute approximate surface area is 203 Å². The highest BCUT2D eigenvalue weighted by molar-refractivity contribution is 5.99. The lowest BCUT2D eigenvalue weighted by molar-refractivity contribution is -0.115. The maximum atomic E-state index is 12.2. The van der Waals surface area contributed by atoms with Gasteiger partial charge in [-0.05, 0) is 62.4 Å². The molecule has 0 atom stereocenters. The van der Waals surface area contributed by atoms with E-state index in [-0.39, 0.29) is 18.4 Å². The van der Waals surface area contributed by atoms with E-state index in [1.165, 1.54) is 5.56 Å². The lowest BCUT2D eigenvalue weighted by atomic mass is 10.2. The molecule has 176 valence electrons. The Morgan fingerprint density at radius 1 is 0.743 bits per heavy atom. The van der Waals surface area contributed by atoms with E-state index in [1.807, 2.05) is 62.4 Å². The first-order chi connectivity index (χ1) is 16.9. The number of nitrogens with one attached hydrogen (secondary N) is 4. The number of nitrogens with zero attached hydrogens (tertiary/aromatic N) is 2. The van der Waals surface area contributed by atoms with Crippen molar-refractivity contribution in [2.45, 2.75) is 13.8 Å². The molecule has 4 N–H and O–H groups in total. The minimum atomic E-state index is -0.316. The first kappa shape index (κ1) is 23.4. The highest BCUT2D eigenvalue weighted by Gasteiger charge is 2.08. The Bertz CT molecular complexity index is 1310. The predicted molar refractivity (Wildman–Crippen MR) is 138 cm³/mol. The standard InChI is InChI=1S/C27H26N6O2/c1-18-8-10-21(11-9-18)30-24-16-19(2)29-27(33-24)32-23-14-12-22(13-15-23)31-25(34)17-28-26(35)20-6-4-3-5-7-20/h3-16H,17H2,1-2H3,(H,28,35)(H,31,34)(H2,29,30,32,33). The van der Waals surface area contributed by atoms with Crippen molar-refractivity contribution in [3.05, 3.63) is 102 Å². The van der Waals surface area contributed by atoms with Crippen LogP contribution in [-0.2, 0) is 4.79 Å². The average Bonchev–Trinajstić information content (AvgIpc) is 2.85. The van der Waals surface area contributed by atoms with Gasteiger partial charge in [-0.2, -0.15) is 4.98 Å². The molecule has 8 heteroatoms. The number of hydrogen-bond donors (Lipinski definition) is 4. The number of carbonyl (C=O) groups is 2. The summed E-state index contributed by atoms with van der Waals surface area (Å²) in [4.78, 5) is 33.3. The fourth-order valence-corrected chi connectivity index (χ4v) is 3.30. The van der Waals surface area contributed by atoms with Gasteiger partial charge in [-0.3, -0.25) is 9.59 Å². The number of anilines is 5. The molecule has 8 nitrogen and oxygen atoms in total. The van der Waals surface area contributed by atoms with Crippen LogP contribution in [0.15, 0.2) is 84.9 Å². The SMILES string of the molecule is Cc1ccc(Nc2cc(C)nc(Nc3ccc(NC(=O)CNC(=O)c4ccccc4)cc3)n2)cc1. The summed E-state index contributed by atoms with van der Waals surface area (Å²) in [6.07, 6.45) is 0. The van der Waals surface area contributed by atoms with E-state index in [2.05, 4.69) is 31.2 Å². The molecule has 1 heterocycles. The van der Waals surface area contributed by atoms with Crippen LogP contribution in [0.4, 0.5) is 28.8 Å². The number of aryl methyl sites for hydroxylation is 2. The van der Waals surface area contributed by atoms with Crippen LogP contribution in [0.5, 0.6) is 0 Å². The molecule has 0 radical (unpaired) electrons. The zero-order chi connectivity index (χ0) is 24.6. The molecule has 0 saturated carbocycles. The zero-order valence-corrected chi connectivity index (χ0v) is 19.5. The quantitative estimate of drug-likeness (QED) is 0.293. The van der Waals surface area contributed by atoms with E-state index in [4.69, 9.17) is 0 Å². The van der Waals surface area contributed by atoms with E-state index >= 15 is 0 Å². The van der Waals surface area contributed by atoms with Crippen LogP contribution in [0.3, 0.4) is 0 Å². The molecule has 0 aliphatic carbocycles. The van der Waals surface area contributed by atoms with Gasteiger partial charge in [-0.1, -0.05) is 35.9 Å². The number of aromatic nitrogens is 2. The number of amides is 2. The van der Waals surface area contributed by atoms with E-state index in [0.717, 1.165) is 17.1 Å². The third-order valence-corrected chi connectivity index (χ3v) is 5.05. The summed E-state index contributed by atoms with van der Waals surface area (Å²) in [6, 6.07) is 25.9. The topological polar surface area (TPSA) is 108 Å². The van der Waals surface area contributed by atoms with Crippen LogP contribution >= 0.6 is 0 Å². The van der Waals surface area contributed by atoms with Gasteiger partial charge >= 0.3 is 0 Å². The molecule has 3 aromatic carbocycles. The van der Waals surface area contributed by atoms with Crippen molar-refractivity contribution < 1.29 is 9.59 Å². The minimum absolute atomic E-state index is 0.123. The molecule has 0 fully saturated rings. The summed E-state index contributed by atoms with van der Waals surface area (Å²) in [5.74, 6) is 0.531. The normalized spacial score (nSPS) is 10.3. The molecule has 1 aromatic heterocycles. The molecule has 4 aromatic rings. The molecule has 0 aliphatic heterocycles. The van der Waals surface area contributed by atoms with Gasteiger partial charge in [0.2, 0.25) is 11.9 Å². The third kappa shape index (κ3) is 6.88. The molecule has 0 unspecified atom stereocenters. The summed E-state index contributed by atoms with van der Waals surface area (Å²) < 4.78 is 0. The fraction of sp³-hybridized carbons (Fsp3) is 0.111. The maximum Gasteiger partial charge on any atom is 0.251 e. The largest absolute Gasteiger partial charge is 0.343 e. The van der Waals surface area contributed by atoms with Gasteiger partial charge in [0.1, 0.15) is 5.82 Å². The van der Waals surface area contributed by atoms with Crippen LogP contribution in [-0.4, -0.2) is 28.3 Å². The van der Waals surface area contributed by atoms with Gasteiger partial charge in [0.25, 0.3) is 5.91 Å². The Balaban J connectivity index is 1.32. The van der Waals surface area contributed by atoms with Crippen LogP contribution < -0.4 is 21.3 Å². The number of hydrogen-bond acceptors (Lipinski definition) is 6. The van der Waals surface area contributed by atoms with E-state index in [0.29, 0.717) is 23.0 Å². The Morgan fingerprint density at radius 2 is 1.37 bits per heavy atom. The number of rotatable bonds is 8. The van der Waals surface area contributed by atoms with Crippen molar-refractivity contribution in [2.24, 2.45) is 0 Å². The second-order valence-electron chi connectivity index (χ2n) is 8.01. The van der Waals surface area contributed by atoms with Crippen molar-refractivity contribution >= 4 is 40.6 Å². The fourth-order valence-electron chi connectivity index (χ4n) is 3.30. The Morgan fingerprint density at radius 3 is 2.09 bits per heavy atom. The monoisotopic (exact) mass is 466 g/mol. The van der Waals surface area contributed by atoms with Crippen molar-refractivity contribution in [3.8, 4) is 0 Å². The molecule has 2 amide bonds. The van der Waals surface area contributed by atoms with Crippen LogP contribution in [0.25, 0.3) is 0 Å². The van der Waals surface area contributed by atoms with Gasteiger partial charge in [-0.15, -0.1) is 0 Å². The molecular formula is C27H26N6O2. The summed E-state index contributed by atoms with van der Waals surface area (Å²) in [6.45, 7) is 3.82. The smallest absolute Gasteiger partial charge is 0.251 e. The molecule has 0 saturated heterocycles. The van der Waals surface area contributed by atoms with Crippen molar-refractivity contribution in [1.29, 1.82) is 0 Å². The minimum Gasteiger partial charge on any atom is -0.343 e. The first-order valence-corrected chi connectivity index (χ1v) is 11.1. The van der Waals surface area contributed by atoms with Crippen molar-refractivity contribution in [1.82, 2.24) is 15.3 Å². The molecule has 0 aliphatic rings. The highest BCUT2D eigenvalue weighted by Crippen LogP contribution is 2.20. The van der Waals surface area contributed by atoms with E-state index in [1.54, 1.807) is 36.4 Å². The summed E-state index contributed by atoms with van der Waals surface area (Å²) in [5.41, 5.74) is 4.84. The van der Waals surface area contributed by atoms with Crippen LogP contribution in [0.1, 0.15) is 21.6 Å². The Hall–Kier alpha value is -4.72. The maximum absolute atomic E-state index is 12.2. The molecule has 35 heavy (non-hydrogen) atoms. The van der Waals surface area contributed by atoms with Gasteiger partial charge in [0.05, 0.1) is 6.54 Å². The highest BCUT2D eigenvalue weighted by atomic mass is 16.2. The summed E-state index contributed by atoms with van der Waals surface area (Å²) in [7, 11) is 0. The van der Waals surface area contributed by atoms with Crippen LogP contribution in [0.2, 0.25) is 0 Å². The van der Waals surface area contributed by atoms with Gasteiger partial charge in [0.15, 0.2) is 0 Å². The molecule has 0 spiro atoms. The molecular weight excluding hydrogens is 440 g/mol. The van der Waals surface area contributed by atoms with E-state index < -0.39 is 0 Å². The number of benzene rings is 3. The van der Waals surface area contributed by atoms with Gasteiger partial charge in [-0.25, -0.2) is 4.98 Å². The average molecular weight is 467 g/mol. The lowest BCUT2D eigenvalue weighted by Crippen LogP contribution is -2.32. The van der Waals surface area contributed by atoms with Crippen molar-refractivity contribution in [2.75, 3.05) is 22.5 Å². The lowest BCUT2D eigenvalue weighted by Gasteiger charge is -2.11. The van der Waals surface area contributed by atoms with Crippen LogP contribution in [0, 0.1) is 13.8 Å². The predicted octanol–water partition coefficient (Wildman–Crippen LogP) is 4.95.